The van der Waals surface area contributed by atoms with Crippen molar-refractivity contribution in [1.29, 1.82) is 0 Å². The summed E-state index contributed by atoms with van der Waals surface area (Å²) >= 11 is 0. The molecule has 3 heteroatoms. The second kappa shape index (κ2) is 3.60. The highest BCUT2D eigenvalue weighted by Gasteiger charge is 2.39. The van der Waals surface area contributed by atoms with E-state index in [1.54, 1.807) is 12.1 Å². The Hall–Kier alpha value is -2.29. The normalized spacial score (nSPS) is 15.8. The molecule has 0 radical (unpaired) electrons. The molecule has 0 spiro atoms. The quantitative estimate of drug-likeness (QED) is 0.760. The van der Waals surface area contributed by atoms with Crippen LogP contribution >= 0.6 is 0 Å². The minimum absolute atomic E-state index is 0.0375. The van der Waals surface area contributed by atoms with Gasteiger partial charge < -0.3 is 10.2 Å². The monoisotopic (exact) mass is 254 g/mol. The SMILES string of the molecule is CC1(C)c2cccc(O)c2C(=O)c2c(O)cccc21. The van der Waals surface area contributed by atoms with E-state index in [1.165, 1.54) is 12.1 Å². The molecule has 0 aromatic heterocycles. The standard InChI is InChI=1S/C16H14O3/c1-16(2)9-5-3-7-11(17)13(9)15(19)14-10(16)6-4-8-12(14)18/h3-8,17-18H,1-2H3. The molecule has 3 nitrogen and oxygen atoms in total. The molecule has 0 saturated carbocycles. The number of carbonyl (C=O) groups is 1. The minimum Gasteiger partial charge on any atom is -0.507 e. The zero-order valence-electron chi connectivity index (χ0n) is 10.8. The minimum atomic E-state index is -0.434. The number of benzene rings is 2. The average molecular weight is 254 g/mol. The van der Waals surface area contributed by atoms with Gasteiger partial charge in [-0.2, -0.15) is 0 Å². The first-order valence-corrected chi connectivity index (χ1v) is 6.14. The van der Waals surface area contributed by atoms with Gasteiger partial charge in [-0.3, -0.25) is 4.79 Å². The first-order chi connectivity index (χ1) is 8.94. The summed E-state index contributed by atoms with van der Waals surface area (Å²) in [5, 5.41) is 19.9. The Morgan fingerprint density at radius 3 is 1.68 bits per heavy atom. The van der Waals surface area contributed by atoms with Crippen molar-refractivity contribution < 1.29 is 15.0 Å². The van der Waals surface area contributed by atoms with Gasteiger partial charge in [-0.15, -0.1) is 0 Å². The van der Waals surface area contributed by atoms with E-state index in [-0.39, 0.29) is 17.3 Å². The van der Waals surface area contributed by atoms with E-state index in [0.717, 1.165) is 11.1 Å². The van der Waals surface area contributed by atoms with Crippen molar-refractivity contribution >= 4 is 5.78 Å². The van der Waals surface area contributed by atoms with Crippen molar-refractivity contribution in [3.05, 3.63) is 58.7 Å². The van der Waals surface area contributed by atoms with Gasteiger partial charge in [0.25, 0.3) is 0 Å². The Kier molecular flexibility index (Phi) is 2.23. The number of hydrogen-bond acceptors (Lipinski definition) is 3. The Labute approximate surface area is 111 Å². The van der Waals surface area contributed by atoms with Crippen LogP contribution in [0.2, 0.25) is 0 Å². The summed E-state index contributed by atoms with van der Waals surface area (Å²) in [6.07, 6.45) is 0. The van der Waals surface area contributed by atoms with E-state index in [2.05, 4.69) is 0 Å². The lowest BCUT2D eigenvalue weighted by molar-refractivity contribution is 0.102. The van der Waals surface area contributed by atoms with E-state index < -0.39 is 5.41 Å². The maximum atomic E-state index is 12.5. The van der Waals surface area contributed by atoms with Crippen molar-refractivity contribution in [2.45, 2.75) is 19.3 Å². The highest BCUT2D eigenvalue weighted by atomic mass is 16.3. The average Bonchev–Trinajstić information content (AvgIpc) is 2.36. The fourth-order valence-corrected chi connectivity index (χ4v) is 2.87. The van der Waals surface area contributed by atoms with Crippen LogP contribution in [-0.2, 0) is 5.41 Å². The van der Waals surface area contributed by atoms with Crippen LogP contribution in [-0.4, -0.2) is 16.0 Å². The number of ketones is 1. The number of aromatic hydroxyl groups is 2. The topological polar surface area (TPSA) is 57.5 Å². The van der Waals surface area contributed by atoms with Crippen LogP contribution in [0.4, 0.5) is 0 Å². The predicted octanol–water partition coefficient (Wildman–Crippen LogP) is 2.97. The fraction of sp³-hybridized carbons (Fsp3) is 0.188. The van der Waals surface area contributed by atoms with E-state index in [0.29, 0.717) is 11.1 Å². The van der Waals surface area contributed by atoms with Crippen LogP contribution in [0, 0.1) is 0 Å². The van der Waals surface area contributed by atoms with Crippen molar-refractivity contribution in [3.63, 3.8) is 0 Å². The molecule has 0 aliphatic heterocycles. The van der Waals surface area contributed by atoms with Crippen LogP contribution in [0.15, 0.2) is 36.4 Å². The fourth-order valence-electron chi connectivity index (χ4n) is 2.87. The van der Waals surface area contributed by atoms with Crippen LogP contribution in [0.5, 0.6) is 11.5 Å². The van der Waals surface area contributed by atoms with Crippen molar-refractivity contribution in [3.8, 4) is 11.5 Å². The molecule has 0 heterocycles. The second-order valence-corrected chi connectivity index (χ2v) is 5.35. The van der Waals surface area contributed by atoms with Gasteiger partial charge in [0.2, 0.25) is 5.78 Å². The zero-order chi connectivity index (χ0) is 13.8. The van der Waals surface area contributed by atoms with Gasteiger partial charge in [-0.1, -0.05) is 38.1 Å². The third-order valence-corrected chi connectivity index (χ3v) is 3.89. The van der Waals surface area contributed by atoms with E-state index in [9.17, 15) is 15.0 Å². The maximum Gasteiger partial charge on any atom is 0.201 e. The molecule has 2 aromatic rings. The van der Waals surface area contributed by atoms with E-state index in [1.807, 2.05) is 26.0 Å². The Balaban J connectivity index is 2.44. The number of fused-ring (bicyclic) bond motifs is 2. The largest absolute Gasteiger partial charge is 0.507 e. The van der Waals surface area contributed by atoms with Crippen molar-refractivity contribution in [1.82, 2.24) is 0 Å². The number of hydrogen-bond donors (Lipinski definition) is 2. The molecule has 0 atom stereocenters. The summed E-state index contributed by atoms with van der Waals surface area (Å²) in [5.41, 5.74) is 1.73. The Bertz CT molecular complexity index is 642. The maximum absolute atomic E-state index is 12.5. The molecular weight excluding hydrogens is 240 g/mol. The highest BCUT2D eigenvalue weighted by molar-refractivity contribution is 6.16. The zero-order valence-corrected chi connectivity index (χ0v) is 10.8. The molecule has 1 aliphatic rings. The lowest BCUT2D eigenvalue weighted by Gasteiger charge is -2.34. The van der Waals surface area contributed by atoms with Crippen LogP contribution < -0.4 is 0 Å². The number of rotatable bonds is 0. The second-order valence-electron chi connectivity index (χ2n) is 5.35. The molecule has 96 valence electrons. The van der Waals surface area contributed by atoms with Gasteiger partial charge in [-0.05, 0) is 23.3 Å². The number of phenolic OH excluding ortho intramolecular Hbond substituents is 2. The summed E-state index contributed by atoms with van der Waals surface area (Å²) < 4.78 is 0. The summed E-state index contributed by atoms with van der Waals surface area (Å²) in [6, 6.07) is 10.2. The van der Waals surface area contributed by atoms with Gasteiger partial charge in [0.05, 0.1) is 11.1 Å². The molecule has 1 aliphatic carbocycles. The summed E-state index contributed by atoms with van der Waals surface area (Å²) in [7, 11) is 0. The molecule has 19 heavy (non-hydrogen) atoms. The van der Waals surface area contributed by atoms with Crippen LogP contribution in [0.1, 0.15) is 40.9 Å². The Morgan fingerprint density at radius 2 is 1.26 bits per heavy atom. The van der Waals surface area contributed by atoms with Gasteiger partial charge in [-0.25, -0.2) is 0 Å². The lowest BCUT2D eigenvalue weighted by Crippen LogP contribution is -2.30. The van der Waals surface area contributed by atoms with Gasteiger partial charge in [0, 0.05) is 5.41 Å². The molecular formula is C16H14O3. The number of carbonyl (C=O) groups excluding carboxylic acids is 1. The molecule has 2 aromatic carbocycles. The highest BCUT2D eigenvalue weighted by Crippen LogP contribution is 2.45. The van der Waals surface area contributed by atoms with Crippen molar-refractivity contribution in [2.24, 2.45) is 0 Å². The summed E-state index contributed by atoms with van der Waals surface area (Å²) in [4.78, 5) is 12.5. The summed E-state index contributed by atoms with van der Waals surface area (Å²) in [6.45, 7) is 3.96. The Morgan fingerprint density at radius 1 is 0.842 bits per heavy atom. The third-order valence-electron chi connectivity index (χ3n) is 3.89. The van der Waals surface area contributed by atoms with E-state index in [4.69, 9.17) is 0 Å². The van der Waals surface area contributed by atoms with Crippen LogP contribution in [0.3, 0.4) is 0 Å². The van der Waals surface area contributed by atoms with Crippen LogP contribution in [0.25, 0.3) is 0 Å². The van der Waals surface area contributed by atoms with Gasteiger partial charge in [0.1, 0.15) is 11.5 Å². The predicted molar refractivity (Wildman–Crippen MR) is 71.8 cm³/mol. The third kappa shape index (κ3) is 1.41. The lowest BCUT2D eigenvalue weighted by atomic mass is 9.68. The molecule has 0 saturated heterocycles. The first-order valence-electron chi connectivity index (χ1n) is 6.14. The van der Waals surface area contributed by atoms with E-state index >= 15 is 0 Å². The first kappa shape index (κ1) is 11.8. The molecule has 2 N–H and O–H groups in total. The summed E-state index contributed by atoms with van der Waals surface area (Å²) in [5.74, 6) is -0.394. The van der Waals surface area contributed by atoms with Gasteiger partial charge >= 0.3 is 0 Å². The molecule has 3 rings (SSSR count). The smallest absolute Gasteiger partial charge is 0.201 e. The molecule has 0 amide bonds. The van der Waals surface area contributed by atoms with Gasteiger partial charge in [0.15, 0.2) is 0 Å². The molecule has 0 bridgehead atoms. The van der Waals surface area contributed by atoms with Crippen molar-refractivity contribution in [2.75, 3.05) is 0 Å². The molecule has 0 unspecified atom stereocenters. The molecule has 0 fully saturated rings. The number of phenols is 2.